The zero-order chi connectivity index (χ0) is 8.10. The van der Waals surface area contributed by atoms with Gasteiger partial charge in [-0.15, -0.1) is 0 Å². The number of hydrogen-bond donors (Lipinski definition) is 2. The number of rotatable bonds is 2. The maximum absolute atomic E-state index is 9.35. The van der Waals surface area contributed by atoms with Crippen LogP contribution in [0.25, 0.3) is 10.4 Å². The lowest BCUT2D eigenvalue weighted by Gasteiger charge is -2.26. The molecule has 0 radical (unpaired) electrons. The van der Waals surface area contributed by atoms with E-state index in [4.69, 9.17) is 5.53 Å². The van der Waals surface area contributed by atoms with Gasteiger partial charge in [-0.2, -0.15) is 0 Å². The summed E-state index contributed by atoms with van der Waals surface area (Å²) in [5, 5.41) is 15.8. The average molecular weight is 156 g/mol. The van der Waals surface area contributed by atoms with Crippen molar-refractivity contribution < 1.29 is 5.11 Å². The molecular formula is C6H12N4O. The van der Waals surface area contributed by atoms with Gasteiger partial charge in [-0.3, -0.25) is 0 Å². The lowest BCUT2D eigenvalue weighted by Crippen LogP contribution is -2.41. The van der Waals surface area contributed by atoms with Gasteiger partial charge in [0, 0.05) is 18.0 Å². The highest BCUT2D eigenvalue weighted by molar-refractivity contribution is 4.78. The van der Waals surface area contributed by atoms with Crippen LogP contribution in [0.15, 0.2) is 5.11 Å². The molecule has 0 aromatic heterocycles. The predicted molar refractivity (Wildman–Crippen MR) is 41.0 cm³/mol. The SMILES string of the molecule is [N-]=[N+]=NC[C@H]1CCNC[C@H]1O. The van der Waals surface area contributed by atoms with Gasteiger partial charge in [-0.05, 0) is 24.4 Å². The second-order valence-corrected chi connectivity index (χ2v) is 2.73. The summed E-state index contributed by atoms with van der Waals surface area (Å²) in [6, 6.07) is 0. The number of hydrogen-bond acceptors (Lipinski definition) is 3. The van der Waals surface area contributed by atoms with Gasteiger partial charge in [-0.1, -0.05) is 5.11 Å². The minimum Gasteiger partial charge on any atom is -0.392 e. The first-order valence-electron chi connectivity index (χ1n) is 3.74. The van der Waals surface area contributed by atoms with E-state index in [0.717, 1.165) is 13.0 Å². The number of aliphatic hydroxyl groups excluding tert-OH is 1. The fourth-order valence-electron chi connectivity index (χ4n) is 1.25. The molecule has 1 heterocycles. The Labute approximate surface area is 65.0 Å². The van der Waals surface area contributed by atoms with Crippen molar-refractivity contribution in [3.63, 3.8) is 0 Å². The molecule has 1 rings (SSSR count). The van der Waals surface area contributed by atoms with Crippen LogP contribution in [0.2, 0.25) is 0 Å². The monoisotopic (exact) mass is 156 g/mol. The van der Waals surface area contributed by atoms with Crippen molar-refractivity contribution in [2.24, 2.45) is 11.0 Å². The van der Waals surface area contributed by atoms with Crippen LogP contribution in [-0.2, 0) is 0 Å². The molecule has 0 aromatic rings. The quantitative estimate of drug-likeness (QED) is 0.342. The van der Waals surface area contributed by atoms with E-state index in [2.05, 4.69) is 15.3 Å². The van der Waals surface area contributed by atoms with Crippen LogP contribution < -0.4 is 5.32 Å². The van der Waals surface area contributed by atoms with Crippen molar-refractivity contribution in [2.75, 3.05) is 19.6 Å². The maximum Gasteiger partial charge on any atom is 0.0694 e. The molecule has 1 aliphatic rings. The third-order valence-electron chi connectivity index (χ3n) is 1.97. The lowest BCUT2D eigenvalue weighted by atomic mass is 9.95. The minimum absolute atomic E-state index is 0.146. The molecule has 62 valence electrons. The van der Waals surface area contributed by atoms with Crippen molar-refractivity contribution in [3.8, 4) is 0 Å². The fourth-order valence-corrected chi connectivity index (χ4v) is 1.25. The number of azide groups is 1. The van der Waals surface area contributed by atoms with Crippen molar-refractivity contribution in [3.05, 3.63) is 10.4 Å². The zero-order valence-corrected chi connectivity index (χ0v) is 6.27. The third-order valence-corrected chi connectivity index (χ3v) is 1.97. The van der Waals surface area contributed by atoms with Crippen LogP contribution in [0.5, 0.6) is 0 Å². The second kappa shape index (κ2) is 4.18. The highest BCUT2D eigenvalue weighted by atomic mass is 16.3. The number of nitrogens with one attached hydrogen (secondary N) is 1. The highest BCUT2D eigenvalue weighted by Gasteiger charge is 2.21. The first-order valence-corrected chi connectivity index (χ1v) is 3.74. The molecule has 1 aliphatic heterocycles. The fraction of sp³-hybridized carbons (Fsp3) is 1.00. The first-order chi connectivity index (χ1) is 5.34. The van der Waals surface area contributed by atoms with Crippen LogP contribution in [0.4, 0.5) is 0 Å². The molecule has 5 nitrogen and oxygen atoms in total. The molecule has 11 heavy (non-hydrogen) atoms. The molecule has 0 aliphatic carbocycles. The molecule has 0 saturated carbocycles. The summed E-state index contributed by atoms with van der Waals surface area (Å²) < 4.78 is 0. The number of nitrogens with zero attached hydrogens (tertiary/aromatic N) is 3. The van der Waals surface area contributed by atoms with Crippen LogP contribution in [0, 0.1) is 5.92 Å². The summed E-state index contributed by atoms with van der Waals surface area (Å²) in [4.78, 5) is 2.66. The Morgan fingerprint density at radius 1 is 1.73 bits per heavy atom. The zero-order valence-electron chi connectivity index (χ0n) is 6.27. The van der Waals surface area contributed by atoms with Crippen LogP contribution in [0.1, 0.15) is 6.42 Å². The molecular weight excluding hydrogens is 144 g/mol. The van der Waals surface area contributed by atoms with Gasteiger partial charge in [0.1, 0.15) is 0 Å². The number of piperidine rings is 1. The van der Waals surface area contributed by atoms with Gasteiger partial charge in [0.05, 0.1) is 6.10 Å². The third kappa shape index (κ3) is 2.38. The smallest absolute Gasteiger partial charge is 0.0694 e. The van der Waals surface area contributed by atoms with E-state index in [1.807, 2.05) is 0 Å². The molecule has 0 aromatic carbocycles. The first kappa shape index (κ1) is 8.33. The Morgan fingerprint density at radius 2 is 2.55 bits per heavy atom. The van der Waals surface area contributed by atoms with Gasteiger partial charge in [0.25, 0.3) is 0 Å². The molecule has 0 spiro atoms. The summed E-state index contributed by atoms with van der Waals surface area (Å²) in [5.74, 6) is 0.146. The molecule has 2 atom stereocenters. The Morgan fingerprint density at radius 3 is 3.18 bits per heavy atom. The van der Waals surface area contributed by atoms with Crippen molar-refractivity contribution in [1.29, 1.82) is 0 Å². The topological polar surface area (TPSA) is 81.0 Å². The van der Waals surface area contributed by atoms with Gasteiger partial charge < -0.3 is 10.4 Å². The van der Waals surface area contributed by atoms with Crippen molar-refractivity contribution >= 4 is 0 Å². The Bertz CT molecular complexity index is 166. The molecule has 0 unspecified atom stereocenters. The van der Waals surface area contributed by atoms with Crippen LogP contribution >= 0.6 is 0 Å². The van der Waals surface area contributed by atoms with E-state index in [1.165, 1.54) is 0 Å². The van der Waals surface area contributed by atoms with E-state index in [-0.39, 0.29) is 12.0 Å². The molecule has 2 N–H and O–H groups in total. The summed E-state index contributed by atoms with van der Waals surface area (Å²) in [6.45, 7) is 1.94. The van der Waals surface area contributed by atoms with Crippen LogP contribution in [-0.4, -0.2) is 30.8 Å². The summed E-state index contributed by atoms with van der Waals surface area (Å²) >= 11 is 0. The molecule has 0 amide bonds. The van der Waals surface area contributed by atoms with E-state index >= 15 is 0 Å². The van der Waals surface area contributed by atoms with Crippen molar-refractivity contribution in [2.45, 2.75) is 12.5 Å². The van der Waals surface area contributed by atoms with Gasteiger partial charge in [0.2, 0.25) is 0 Å². The number of aliphatic hydroxyl groups is 1. The summed E-state index contributed by atoms with van der Waals surface area (Å²) in [6.07, 6.45) is 0.537. The Balaban J connectivity index is 2.35. The van der Waals surface area contributed by atoms with Gasteiger partial charge in [-0.25, -0.2) is 0 Å². The Hall–Kier alpha value is -0.770. The molecule has 1 fully saturated rings. The average Bonchev–Trinajstić information content (AvgIpc) is 2.03. The molecule has 1 saturated heterocycles. The lowest BCUT2D eigenvalue weighted by molar-refractivity contribution is 0.0863. The largest absolute Gasteiger partial charge is 0.392 e. The standard InChI is InChI=1S/C6H12N4O/c7-10-9-3-5-1-2-8-4-6(5)11/h5-6,8,11H,1-4H2/t5-,6-/m1/s1. The summed E-state index contributed by atoms with van der Waals surface area (Å²) in [7, 11) is 0. The predicted octanol–water partition coefficient (Wildman–Crippen LogP) is 0.267. The Kier molecular flexibility index (Phi) is 3.16. The minimum atomic E-state index is -0.353. The van der Waals surface area contributed by atoms with E-state index in [1.54, 1.807) is 0 Å². The van der Waals surface area contributed by atoms with E-state index in [0.29, 0.717) is 13.1 Å². The van der Waals surface area contributed by atoms with Crippen LogP contribution in [0.3, 0.4) is 0 Å². The summed E-state index contributed by atoms with van der Waals surface area (Å²) in [5.41, 5.74) is 8.04. The number of β-amino-alcohol motifs (C(OH)–C–C–N with tert-alkyl or cyclic N) is 1. The van der Waals surface area contributed by atoms with E-state index in [9.17, 15) is 5.11 Å². The highest BCUT2D eigenvalue weighted by Crippen LogP contribution is 2.12. The van der Waals surface area contributed by atoms with Gasteiger partial charge >= 0.3 is 0 Å². The van der Waals surface area contributed by atoms with E-state index < -0.39 is 0 Å². The van der Waals surface area contributed by atoms with Crippen molar-refractivity contribution in [1.82, 2.24) is 5.32 Å². The maximum atomic E-state index is 9.35. The molecule has 5 heteroatoms. The molecule has 0 bridgehead atoms. The normalized spacial score (nSPS) is 31.0. The second-order valence-electron chi connectivity index (χ2n) is 2.73. The van der Waals surface area contributed by atoms with Gasteiger partial charge in [0.15, 0.2) is 0 Å².